The molecule has 0 aromatic heterocycles. The first-order valence-electron chi connectivity index (χ1n) is 5.54. The maximum Gasteiger partial charge on any atom is 0.263 e. The van der Waals surface area contributed by atoms with Crippen LogP contribution in [0.1, 0.15) is 0 Å². The van der Waals surface area contributed by atoms with Crippen molar-refractivity contribution in [2.75, 3.05) is 11.0 Å². The Morgan fingerprint density at radius 3 is 2.50 bits per heavy atom. The van der Waals surface area contributed by atoms with Crippen molar-refractivity contribution in [2.45, 2.75) is 9.79 Å². The molecular formula is C13H11Br2NO2S2. The Balaban J connectivity index is 2.35. The lowest BCUT2D eigenvalue weighted by atomic mass is 10.3. The van der Waals surface area contributed by atoms with Crippen molar-refractivity contribution in [3.63, 3.8) is 0 Å². The Kier molecular flexibility index (Phi) is 5.17. The van der Waals surface area contributed by atoms with Gasteiger partial charge in [-0.1, -0.05) is 22.0 Å². The van der Waals surface area contributed by atoms with Crippen molar-refractivity contribution in [1.29, 1.82) is 0 Å². The fourth-order valence-electron chi connectivity index (χ4n) is 1.59. The molecule has 0 spiro atoms. The normalized spacial score (nSPS) is 11.3. The first-order valence-corrected chi connectivity index (χ1v) is 9.84. The summed E-state index contributed by atoms with van der Waals surface area (Å²) in [6.45, 7) is 0. The summed E-state index contributed by atoms with van der Waals surface area (Å²) in [6.07, 6.45) is 1.94. The van der Waals surface area contributed by atoms with E-state index >= 15 is 0 Å². The van der Waals surface area contributed by atoms with Crippen LogP contribution in [0.15, 0.2) is 61.2 Å². The molecule has 20 heavy (non-hydrogen) atoms. The molecule has 0 heterocycles. The second-order valence-electron chi connectivity index (χ2n) is 3.91. The SMILES string of the molecule is CSc1cccc(NS(=O)(=O)c2ccc(Br)cc2Br)c1. The first kappa shape index (κ1) is 15.9. The highest BCUT2D eigenvalue weighted by Crippen LogP contribution is 2.28. The molecular weight excluding hydrogens is 426 g/mol. The third-order valence-electron chi connectivity index (χ3n) is 2.51. The summed E-state index contributed by atoms with van der Waals surface area (Å²) >= 11 is 8.13. The predicted molar refractivity (Wildman–Crippen MR) is 90.9 cm³/mol. The maximum absolute atomic E-state index is 12.4. The Hall–Kier alpha value is -0.500. The van der Waals surface area contributed by atoms with Gasteiger partial charge < -0.3 is 0 Å². The molecule has 3 nitrogen and oxygen atoms in total. The lowest BCUT2D eigenvalue weighted by Crippen LogP contribution is -2.13. The summed E-state index contributed by atoms with van der Waals surface area (Å²) in [6, 6.07) is 12.2. The quantitative estimate of drug-likeness (QED) is 0.704. The lowest BCUT2D eigenvalue weighted by molar-refractivity contribution is 0.600. The number of hydrogen-bond acceptors (Lipinski definition) is 3. The zero-order valence-electron chi connectivity index (χ0n) is 10.4. The van der Waals surface area contributed by atoms with Crippen LogP contribution in [0.2, 0.25) is 0 Å². The first-order chi connectivity index (χ1) is 9.42. The van der Waals surface area contributed by atoms with E-state index in [0.29, 0.717) is 10.2 Å². The largest absolute Gasteiger partial charge is 0.280 e. The van der Waals surface area contributed by atoms with Crippen LogP contribution in [0, 0.1) is 0 Å². The molecule has 106 valence electrons. The van der Waals surface area contributed by atoms with Crippen LogP contribution in [-0.2, 0) is 10.0 Å². The summed E-state index contributed by atoms with van der Waals surface area (Å²) in [5.74, 6) is 0. The van der Waals surface area contributed by atoms with E-state index in [1.807, 2.05) is 18.4 Å². The minimum Gasteiger partial charge on any atom is -0.280 e. The van der Waals surface area contributed by atoms with E-state index in [4.69, 9.17) is 0 Å². The molecule has 0 saturated heterocycles. The van der Waals surface area contributed by atoms with Crippen LogP contribution in [0.4, 0.5) is 5.69 Å². The monoisotopic (exact) mass is 435 g/mol. The zero-order valence-corrected chi connectivity index (χ0v) is 15.2. The van der Waals surface area contributed by atoms with E-state index in [9.17, 15) is 8.42 Å². The van der Waals surface area contributed by atoms with Gasteiger partial charge in [0.2, 0.25) is 0 Å². The Bertz CT molecular complexity index is 733. The number of halogens is 2. The van der Waals surface area contributed by atoms with E-state index in [1.54, 1.807) is 42.1 Å². The molecule has 0 bridgehead atoms. The van der Waals surface area contributed by atoms with Crippen molar-refractivity contribution in [1.82, 2.24) is 0 Å². The highest BCUT2D eigenvalue weighted by atomic mass is 79.9. The zero-order chi connectivity index (χ0) is 14.8. The molecule has 0 aliphatic heterocycles. The molecule has 0 atom stereocenters. The Morgan fingerprint density at radius 1 is 1.10 bits per heavy atom. The molecule has 1 N–H and O–H groups in total. The summed E-state index contributed by atoms with van der Waals surface area (Å²) in [4.78, 5) is 1.20. The molecule has 0 saturated carbocycles. The second kappa shape index (κ2) is 6.51. The number of thioether (sulfide) groups is 1. The highest BCUT2D eigenvalue weighted by Gasteiger charge is 2.17. The van der Waals surface area contributed by atoms with Gasteiger partial charge >= 0.3 is 0 Å². The maximum atomic E-state index is 12.4. The van der Waals surface area contributed by atoms with Gasteiger partial charge in [0, 0.05) is 19.5 Å². The van der Waals surface area contributed by atoms with Crippen LogP contribution in [0.5, 0.6) is 0 Å². The van der Waals surface area contributed by atoms with Gasteiger partial charge in [0.05, 0.1) is 0 Å². The highest BCUT2D eigenvalue weighted by molar-refractivity contribution is 9.11. The van der Waals surface area contributed by atoms with Crippen molar-refractivity contribution in [3.05, 3.63) is 51.4 Å². The van der Waals surface area contributed by atoms with Crippen LogP contribution in [-0.4, -0.2) is 14.7 Å². The number of anilines is 1. The van der Waals surface area contributed by atoms with E-state index in [0.717, 1.165) is 9.37 Å². The standard InChI is InChI=1S/C13H11Br2NO2S2/c1-19-11-4-2-3-10(8-11)16-20(17,18)13-6-5-9(14)7-12(13)15/h2-8,16H,1H3. The summed E-state index contributed by atoms with van der Waals surface area (Å²) in [5, 5.41) is 0. The van der Waals surface area contributed by atoms with E-state index in [-0.39, 0.29) is 4.90 Å². The molecule has 0 aliphatic carbocycles. The number of hydrogen-bond donors (Lipinski definition) is 1. The number of rotatable bonds is 4. The van der Waals surface area contributed by atoms with Crippen molar-refractivity contribution >= 4 is 59.3 Å². The summed E-state index contributed by atoms with van der Waals surface area (Å²) in [7, 11) is -3.61. The fourth-order valence-corrected chi connectivity index (χ4v) is 4.85. The molecule has 2 aromatic rings. The van der Waals surface area contributed by atoms with Crippen molar-refractivity contribution in [2.24, 2.45) is 0 Å². The van der Waals surface area contributed by atoms with Gasteiger partial charge in [-0.15, -0.1) is 11.8 Å². The van der Waals surface area contributed by atoms with Crippen molar-refractivity contribution in [3.8, 4) is 0 Å². The molecule has 0 fully saturated rings. The lowest BCUT2D eigenvalue weighted by Gasteiger charge is -2.10. The van der Waals surface area contributed by atoms with Crippen LogP contribution in [0.25, 0.3) is 0 Å². The minimum absolute atomic E-state index is 0.204. The van der Waals surface area contributed by atoms with E-state index < -0.39 is 10.0 Å². The van der Waals surface area contributed by atoms with Gasteiger partial charge in [-0.2, -0.15) is 0 Å². The van der Waals surface area contributed by atoms with Gasteiger partial charge in [0.25, 0.3) is 10.0 Å². The predicted octanol–water partition coefficient (Wildman–Crippen LogP) is 4.73. The van der Waals surface area contributed by atoms with E-state index in [2.05, 4.69) is 36.6 Å². The average Bonchev–Trinajstić information content (AvgIpc) is 2.37. The van der Waals surface area contributed by atoms with Crippen LogP contribution in [0.3, 0.4) is 0 Å². The fraction of sp³-hybridized carbons (Fsp3) is 0.0769. The second-order valence-corrected chi connectivity index (χ2v) is 8.21. The van der Waals surface area contributed by atoms with Gasteiger partial charge in [-0.05, 0) is 58.6 Å². The van der Waals surface area contributed by atoms with Gasteiger partial charge in [0.15, 0.2) is 0 Å². The summed E-state index contributed by atoms with van der Waals surface area (Å²) < 4.78 is 28.7. The molecule has 0 radical (unpaired) electrons. The molecule has 0 aliphatic rings. The average molecular weight is 437 g/mol. The molecule has 2 rings (SSSR count). The third-order valence-corrected chi connectivity index (χ3v) is 6.08. The number of benzene rings is 2. The third kappa shape index (κ3) is 3.78. The topological polar surface area (TPSA) is 46.2 Å². The van der Waals surface area contributed by atoms with Crippen molar-refractivity contribution < 1.29 is 8.42 Å². The van der Waals surface area contributed by atoms with Gasteiger partial charge in [0.1, 0.15) is 4.90 Å². The van der Waals surface area contributed by atoms with E-state index in [1.165, 1.54) is 0 Å². The van der Waals surface area contributed by atoms with Crippen LogP contribution >= 0.6 is 43.6 Å². The summed E-state index contributed by atoms with van der Waals surface area (Å²) in [5.41, 5.74) is 0.548. The Labute approximate surface area is 139 Å². The smallest absolute Gasteiger partial charge is 0.263 e. The Morgan fingerprint density at radius 2 is 1.85 bits per heavy atom. The molecule has 7 heteroatoms. The van der Waals surface area contributed by atoms with Gasteiger partial charge in [-0.25, -0.2) is 8.42 Å². The number of nitrogens with one attached hydrogen (secondary N) is 1. The van der Waals surface area contributed by atoms with Gasteiger partial charge in [-0.3, -0.25) is 4.72 Å². The molecule has 2 aromatic carbocycles. The van der Waals surface area contributed by atoms with Crippen LogP contribution < -0.4 is 4.72 Å². The minimum atomic E-state index is -3.61. The number of sulfonamides is 1. The molecule has 0 unspecified atom stereocenters. The molecule has 0 amide bonds.